The molecule has 6 aromatic rings. The lowest BCUT2D eigenvalue weighted by Crippen LogP contribution is -2.12. The van der Waals surface area contributed by atoms with E-state index in [0.29, 0.717) is 84.0 Å². The van der Waals surface area contributed by atoms with Gasteiger partial charge in [-0.25, -0.2) is 29.1 Å². The van der Waals surface area contributed by atoms with Crippen molar-refractivity contribution in [2.24, 2.45) is 0 Å². The first-order chi connectivity index (χ1) is 38.7. The van der Waals surface area contributed by atoms with Crippen LogP contribution < -0.4 is 23.7 Å². The zero-order valence-electron chi connectivity index (χ0n) is 45.1. The highest BCUT2D eigenvalue weighted by Crippen LogP contribution is 2.35. The van der Waals surface area contributed by atoms with Crippen LogP contribution in [0.5, 0.6) is 28.7 Å². The molecule has 0 saturated heterocycles. The Morgan fingerprint density at radius 1 is 0.392 bits per heavy atom. The van der Waals surface area contributed by atoms with Gasteiger partial charge in [0.25, 0.3) is 0 Å². The van der Waals surface area contributed by atoms with Crippen molar-refractivity contribution in [1.82, 2.24) is 9.97 Å². The van der Waals surface area contributed by atoms with Crippen LogP contribution in [0.4, 0.5) is 0 Å². The molecule has 0 fully saturated rings. The highest BCUT2D eigenvalue weighted by molar-refractivity contribution is 5.91. The minimum atomic E-state index is -0.499. The molecule has 0 unspecified atom stereocenters. The van der Waals surface area contributed by atoms with Crippen LogP contribution in [-0.4, -0.2) is 86.7 Å². The molecule has 416 valence electrons. The summed E-state index contributed by atoms with van der Waals surface area (Å²) in [5, 5.41) is 0. The Morgan fingerprint density at radius 3 is 1.41 bits per heavy atom. The standard InChI is InChI=1S/C64H72N2O13/c1-4-59(67)75-38-18-13-11-9-7-8-10-12-16-37-73-54-24-20-22-50(44-54)63-62(65-57-35-34-56(46-58(57)66-63)74-42-40-71-41-43-77-61(69)6-3)51-23-21-25-55(45-51)78-47-48-26-28-49(29-27-48)64(70)79-53-32-30-52(31-33-53)72-36-17-14-15-19-39-76-60(68)5-2/h4-6,20-35,44-46H,1-3,7-19,36-43,47H2. The SMILES string of the molecule is C=CC(=O)OCCCCCCCCCCCOc1cccc(-c2nc3cc(OCCOCCOC(=O)C=C)ccc3nc2-c2cccc(OCc3ccc(C(=O)Oc4ccc(OCCCCCCOC(=O)C=C)cc4)cc3)c2)c1. The van der Waals surface area contributed by atoms with Gasteiger partial charge in [-0.05, 0) is 117 Å². The lowest BCUT2D eigenvalue weighted by atomic mass is 10.0. The van der Waals surface area contributed by atoms with E-state index in [0.717, 1.165) is 98.8 Å². The number of unbranched alkanes of at least 4 members (excludes halogenated alkanes) is 11. The third kappa shape index (κ3) is 21.9. The summed E-state index contributed by atoms with van der Waals surface area (Å²) >= 11 is 0. The number of carbonyl (C=O) groups is 4. The summed E-state index contributed by atoms with van der Waals surface area (Å²) in [7, 11) is 0. The van der Waals surface area contributed by atoms with E-state index in [1.54, 1.807) is 36.4 Å². The Balaban J connectivity index is 1.04. The molecule has 0 aliphatic heterocycles. The monoisotopic (exact) mass is 1080 g/mol. The molecule has 6 rings (SSSR count). The van der Waals surface area contributed by atoms with Crippen LogP contribution in [0.2, 0.25) is 0 Å². The second kappa shape index (κ2) is 34.5. The molecule has 79 heavy (non-hydrogen) atoms. The molecule has 0 N–H and O–H groups in total. The fourth-order valence-corrected chi connectivity index (χ4v) is 8.09. The minimum absolute atomic E-state index is 0.124. The van der Waals surface area contributed by atoms with Crippen molar-refractivity contribution in [2.75, 3.05) is 52.9 Å². The van der Waals surface area contributed by atoms with E-state index in [1.165, 1.54) is 25.3 Å². The van der Waals surface area contributed by atoms with E-state index in [9.17, 15) is 19.2 Å². The number of benzene rings is 5. The first-order valence-corrected chi connectivity index (χ1v) is 27.1. The third-order valence-electron chi connectivity index (χ3n) is 12.3. The Morgan fingerprint density at radius 2 is 0.835 bits per heavy atom. The molecule has 15 heteroatoms. The molecule has 15 nitrogen and oxygen atoms in total. The fraction of sp³-hybridized carbons (Fsp3) is 0.344. The van der Waals surface area contributed by atoms with E-state index in [2.05, 4.69) is 19.7 Å². The van der Waals surface area contributed by atoms with Crippen LogP contribution in [-0.2, 0) is 39.9 Å². The van der Waals surface area contributed by atoms with Crippen molar-refractivity contribution in [3.63, 3.8) is 0 Å². The van der Waals surface area contributed by atoms with Crippen molar-refractivity contribution in [3.05, 3.63) is 164 Å². The van der Waals surface area contributed by atoms with Crippen LogP contribution in [0.3, 0.4) is 0 Å². The second-order valence-corrected chi connectivity index (χ2v) is 18.3. The van der Waals surface area contributed by atoms with Crippen molar-refractivity contribution >= 4 is 34.9 Å². The molecule has 0 aliphatic rings. The van der Waals surface area contributed by atoms with Gasteiger partial charge in [0, 0.05) is 35.4 Å². The molecule has 0 amide bonds. The molecule has 0 atom stereocenters. The largest absolute Gasteiger partial charge is 0.494 e. The number of ether oxygens (including phenoxy) is 9. The van der Waals surface area contributed by atoms with Crippen LogP contribution in [0.25, 0.3) is 33.5 Å². The predicted octanol–water partition coefficient (Wildman–Crippen LogP) is 13.2. The number of rotatable bonds is 38. The molecular formula is C64H72N2O13. The number of nitrogens with zero attached hydrogens (tertiary/aromatic N) is 2. The topological polar surface area (TPSA) is 177 Å². The van der Waals surface area contributed by atoms with Crippen molar-refractivity contribution in [3.8, 4) is 51.3 Å². The van der Waals surface area contributed by atoms with Crippen LogP contribution in [0.1, 0.15) is 99.4 Å². The fourth-order valence-electron chi connectivity index (χ4n) is 8.09. The van der Waals surface area contributed by atoms with Crippen molar-refractivity contribution < 1.29 is 61.8 Å². The lowest BCUT2D eigenvalue weighted by molar-refractivity contribution is -0.139. The highest BCUT2D eigenvalue weighted by atomic mass is 16.6. The van der Waals surface area contributed by atoms with Gasteiger partial charge in [0.15, 0.2) is 0 Å². The van der Waals surface area contributed by atoms with E-state index >= 15 is 0 Å². The van der Waals surface area contributed by atoms with Crippen LogP contribution >= 0.6 is 0 Å². The molecule has 0 radical (unpaired) electrons. The van der Waals surface area contributed by atoms with Gasteiger partial charge in [0.05, 0.1) is 67.6 Å². The van der Waals surface area contributed by atoms with E-state index in [-0.39, 0.29) is 32.4 Å². The molecule has 5 aromatic carbocycles. The summed E-state index contributed by atoms with van der Waals surface area (Å²) in [6.07, 6.45) is 16.8. The van der Waals surface area contributed by atoms with Gasteiger partial charge in [-0.15, -0.1) is 0 Å². The number of esters is 4. The van der Waals surface area contributed by atoms with Gasteiger partial charge >= 0.3 is 23.9 Å². The van der Waals surface area contributed by atoms with Crippen molar-refractivity contribution in [2.45, 2.75) is 90.1 Å². The molecule has 1 heterocycles. The Hall–Kier alpha value is -8.30. The first kappa shape index (κ1) is 59.9. The summed E-state index contributed by atoms with van der Waals surface area (Å²) in [6, 6.07) is 35.2. The smallest absolute Gasteiger partial charge is 0.343 e. The molecule has 0 spiro atoms. The summed E-state index contributed by atoms with van der Waals surface area (Å²) in [6.45, 7) is 13.3. The Labute approximate surface area is 463 Å². The van der Waals surface area contributed by atoms with Crippen LogP contribution in [0.15, 0.2) is 153 Å². The Bertz CT molecular complexity index is 2880. The molecular weight excluding hydrogens is 1000 g/mol. The number of carbonyl (C=O) groups excluding carboxylic acids is 4. The minimum Gasteiger partial charge on any atom is -0.494 e. The maximum Gasteiger partial charge on any atom is 0.343 e. The maximum absolute atomic E-state index is 13.1. The average Bonchev–Trinajstić information content (AvgIpc) is 3.53. The van der Waals surface area contributed by atoms with Crippen molar-refractivity contribution in [1.29, 1.82) is 0 Å². The number of fused-ring (bicyclic) bond motifs is 1. The quantitative estimate of drug-likeness (QED) is 0.0117. The molecule has 1 aromatic heterocycles. The highest BCUT2D eigenvalue weighted by Gasteiger charge is 2.17. The van der Waals surface area contributed by atoms with Gasteiger partial charge < -0.3 is 42.6 Å². The Kier molecular flexibility index (Phi) is 26.1. The van der Waals surface area contributed by atoms with Gasteiger partial charge in [0.2, 0.25) is 0 Å². The lowest BCUT2D eigenvalue weighted by Gasteiger charge is -2.14. The third-order valence-corrected chi connectivity index (χ3v) is 12.3. The number of hydrogen-bond donors (Lipinski definition) is 0. The number of aromatic nitrogens is 2. The summed E-state index contributed by atoms with van der Waals surface area (Å²) in [4.78, 5) is 57.0. The summed E-state index contributed by atoms with van der Waals surface area (Å²) in [5.74, 6) is 1.28. The first-order valence-electron chi connectivity index (χ1n) is 27.1. The van der Waals surface area contributed by atoms with Gasteiger partial charge in [-0.1, -0.05) is 101 Å². The zero-order chi connectivity index (χ0) is 55.7. The molecule has 0 aliphatic carbocycles. The normalized spacial score (nSPS) is 10.8. The molecule has 0 saturated carbocycles. The second-order valence-electron chi connectivity index (χ2n) is 18.3. The summed E-state index contributed by atoms with van der Waals surface area (Å²) in [5.41, 5.74) is 5.50. The van der Waals surface area contributed by atoms with E-state index in [1.807, 2.05) is 78.9 Å². The maximum atomic E-state index is 13.1. The van der Waals surface area contributed by atoms with Crippen LogP contribution in [0, 0.1) is 0 Å². The number of hydrogen-bond acceptors (Lipinski definition) is 15. The van der Waals surface area contributed by atoms with E-state index in [4.69, 9.17) is 52.6 Å². The average molecular weight is 1080 g/mol. The zero-order valence-corrected chi connectivity index (χ0v) is 45.1. The predicted molar refractivity (Wildman–Crippen MR) is 303 cm³/mol. The van der Waals surface area contributed by atoms with Gasteiger partial charge in [0.1, 0.15) is 48.6 Å². The van der Waals surface area contributed by atoms with E-state index < -0.39 is 17.9 Å². The van der Waals surface area contributed by atoms with Gasteiger partial charge in [-0.3, -0.25) is 0 Å². The van der Waals surface area contributed by atoms with Gasteiger partial charge in [-0.2, -0.15) is 0 Å². The molecule has 0 bridgehead atoms. The summed E-state index contributed by atoms with van der Waals surface area (Å²) < 4.78 is 50.7.